The normalized spacial score (nSPS) is 25.8. The zero-order valence-electron chi connectivity index (χ0n) is 8.52. The van der Waals surface area contributed by atoms with Crippen LogP contribution in [0.1, 0.15) is 40.0 Å². The Morgan fingerprint density at radius 1 is 1.50 bits per heavy atom. The molecule has 1 heterocycles. The molecule has 72 valence electrons. The van der Waals surface area contributed by atoms with Crippen molar-refractivity contribution in [2.24, 2.45) is 0 Å². The molecular weight excluding hydrogens is 150 g/mol. The highest BCUT2D eigenvalue weighted by molar-refractivity contribution is 4.74. The Morgan fingerprint density at radius 3 is 2.75 bits per heavy atom. The number of hydrogen-bond acceptors (Lipinski definition) is 2. The molecule has 1 aliphatic heterocycles. The van der Waals surface area contributed by atoms with Gasteiger partial charge in [-0.15, -0.1) is 0 Å². The van der Waals surface area contributed by atoms with Gasteiger partial charge in [-0.1, -0.05) is 6.92 Å². The Bertz CT molecular complexity index is 128. The van der Waals surface area contributed by atoms with Crippen LogP contribution in [0.5, 0.6) is 0 Å². The molecule has 0 bridgehead atoms. The highest BCUT2D eigenvalue weighted by Crippen LogP contribution is 2.19. The summed E-state index contributed by atoms with van der Waals surface area (Å²) in [5.41, 5.74) is 0.0592. The molecule has 0 spiro atoms. The molecule has 0 aromatic heterocycles. The van der Waals surface area contributed by atoms with E-state index in [-0.39, 0.29) is 5.60 Å². The molecule has 0 unspecified atom stereocenters. The van der Waals surface area contributed by atoms with Crippen molar-refractivity contribution in [3.05, 3.63) is 0 Å². The van der Waals surface area contributed by atoms with Crippen LogP contribution in [-0.2, 0) is 4.74 Å². The molecule has 1 saturated heterocycles. The maximum Gasteiger partial charge on any atom is 0.0707 e. The van der Waals surface area contributed by atoms with Gasteiger partial charge < -0.3 is 10.1 Å². The summed E-state index contributed by atoms with van der Waals surface area (Å²) in [5, 5.41) is 3.36. The number of nitrogens with one attached hydrogen (secondary N) is 1. The van der Waals surface area contributed by atoms with E-state index in [0.717, 1.165) is 19.5 Å². The third-order valence-corrected chi connectivity index (χ3v) is 2.59. The van der Waals surface area contributed by atoms with Crippen LogP contribution in [0.3, 0.4) is 0 Å². The van der Waals surface area contributed by atoms with E-state index in [2.05, 4.69) is 26.1 Å². The maximum absolute atomic E-state index is 5.97. The van der Waals surface area contributed by atoms with Crippen molar-refractivity contribution in [3.8, 4) is 0 Å². The van der Waals surface area contributed by atoms with Crippen LogP contribution in [0.15, 0.2) is 0 Å². The standard InChI is InChI=1S/C10H21NO/c1-4-10(2,3)12-9-6-5-7-11-8-9/h9,11H,4-8H2,1-3H3/t9-/m0/s1. The molecule has 0 aromatic carbocycles. The first-order valence-electron chi connectivity index (χ1n) is 5.02. The molecule has 0 aromatic rings. The Labute approximate surface area is 75.7 Å². The molecule has 1 rings (SSSR count). The third-order valence-electron chi connectivity index (χ3n) is 2.59. The van der Waals surface area contributed by atoms with Gasteiger partial charge in [0.15, 0.2) is 0 Å². The van der Waals surface area contributed by atoms with E-state index in [1.165, 1.54) is 12.8 Å². The quantitative estimate of drug-likeness (QED) is 0.700. The van der Waals surface area contributed by atoms with Crippen LogP contribution in [-0.4, -0.2) is 24.8 Å². The van der Waals surface area contributed by atoms with Crippen LogP contribution >= 0.6 is 0 Å². The van der Waals surface area contributed by atoms with E-state index in [9.17, 15) is 0 Å². The van der Waals surface area contributed by atoms with Gasteiger partial charge in [0.05, 0.1) is 11.7 Å². The topological polar surface area (TPSA) is 21.3 Å². The lowest BCUT2D eigenvalue weighted by molar-refractivity contribution is -0.0803. The van der Waals surface area contributed by atoms with Crippen LogP contribution in [0.25, 0.3) is 0 Å². The van der Waals surface area contributed by atoms with Crippen molar-refractivity contribution >= 4 is 0 Å². The minimum Gasteiger partial charge on any atom is -0.371 e. The van der Waals surface area contributed by atoms with Crippen LogP contribution in [0, 0.1) is 0 Å². The van der Waals surface area contributed by atoms with Crippen LogP contribution in [0.4, 0.5) is 0 Å². The van der Waals surface area contributed by atoms with Gasteiger partial charge in [0, 0.05) is 6.54 Å². The molecule has 0 aliphatic carbocycles. The fraction of sp³-hybridized carbons (Fsp3) is 1.00. The number of rotatable bonds is 3. The van der Waals surface area contributed by atoms with E-state index in [4.69, 9.17) is 4.74 Å². The zero-order valence-corrected chi connectivity index (χ0v) is 8.52. The molecule has 1 N–H and O–H groups in total. The second kappa shape index (κ2) is 4.24. The molecule has 0 amide bonds. The molecule has 1 aliphatic rings. The van der Waals surface area contributed by atoms with Gasteiger partial charge >= 0.3 is 0 Å². The predicted molar refractivity (Wildman–Crippen MR) is 51.3 cm³/mol. The Morgan fingerprint density at radius 2 is 2.25 bits per heavy atom. The lowest BCUT2D eigenvalue weighted by Gasteiger charge is -2.32. The van der Waals surface area contributed by atoms with E-state index in [0.29, 0.717) is 6.10 Å². The van der Waals surface area contributed by atoms with E-state index in [1.807, 2.05) is 0 Å². The molecule has 2 nitrogen and oxygen atoms in total. The molecule has 1 atom stereocenters. The lowest BCUT2D eigenvalue weighted by Crippen LogP contribution is -2.40. The van der Waals surface area contributed by atoms with Gasteiger partial charge in [-0.25, -0.2) is 0 Å². The summed E-state index contributed by atoms with van der Waals surface area (Å²) in [6, 6.07) is 0. The monoisotopic (exact) mass is 171 g/mol. The van der Waals surface area contributed by atoms with E-state index < -0.39 is 0 Å². The van der Waals surface area contributed by atoms with Crippen molar-refractivity contribution in [3.63, 3.8) is 0 Å². The fourth-order valence-corrected chi connectivity index (χ4v) is 1.45. The Balaban J connectivity index is 2.28. The largest absolute Gasteiger partial charge is 0.371 e. The van der Waals surface area contributed by atoms with E-state index in [1.54, 1.807) is 0 Å². The van der Waals surface area contributed by atoms with Crippen LogP contribution in [0.2, 0.25) is 0 Å². The summed E-state index contributed by atoms with van der Waals surface area (Å²) >= 11 is 0. The summed E-state index contributed by atoms with van der Waals surface area (Å²) < 4.78 is 5.97. The minimum absolute atomic E-state index is 0.0592. The third kappa shape index (κ3) is 3.11. The first-order chi connectivity index (χ1) is 5.64. The fourth-order valence-electron chi connectivity index (χ4n) is 1.45. The van der Waals surface area contributed by atoms with Crippen molar-refractivity contribution in [1.82, 2.24) is 5.32 Å². The van der Waals surface area contributed by atoms with Crippen molar-refractivity contribution in [2.45, 2.75) is 51.7 Å². The molecule has 1 fully saturated rings. The molecule has 2 heteroatoms. The minimum atomic E-state index is 0.0592. The van der Waals surface area contributed by atoms with Crippen molar-refractivity contribution < 1.29 is 4.74 Å². The first kappa shape index (κ1) is 10.0. The lowest BCUT2D eigenvalue weighted by atomic mass is 10.0. The summed E-state index contributed by atoms with van der Waals surface area (Å²) in [5.74, 6) is 0. The van der Waals surface area contributed by atoms with Gasteiger partial charge in [0.25, 0.3) is 0 Å². The number of ether oxygens (including phenoxy) is 1. The number of piperidine rings is 1. The second-order valence-electron chi connectivity index (χ2n) is 4.20. The van der Waals surface area contributed by atoms with Crippen LogP contribution < -0.4 is 5.32 Å². The Kier molecular flexibility index (Phi) is 3.53. The van der Waals surface area contributed by atoms with Gasteiger partial charge in [-0.05, 0) is 39.7 Å². The highest BCUT2D eigenvalue weighted by atomic mass is 16.5. The average Bonchev–Trinajstić information content (AvgIpc) is 2.06. The van der Waals surface area contributed by atoms with Gasteiger partial charge in [0.2, 0.25) is 0 Å². The van der Waals surface area contributed by atoms with Gasteiger partial charge in [-0.3, -0.25) is 0 Å². The molecular formula is C10H21NO. The second-order valence-corrected chi connectivity index (χ2v) is 4.20. The van der Waals surface area contributed by atoms with Gasteiger partial charge in [0.1, 0.15) is 0 Å². The SMILES string of the molecule is CCC(C)(C)O[C@H]1CCCNC1. The molecule has 12 heavy (non-hydrogen) atoms. The Hall–Kier alpha value is -0.0800. The first-order valence-corrected chi connectivity index (χ1v) is 5.02. The summed E-state index contributed by atoms with van der Waals surface area (Å²) in [7, 11) is 0. The summed E-state index contributed by atoms with van der Waals surface area (Å²) in [6.07, 6.45) is 4.00. The summed E-state index contributed by atoms with van der Waals surface area (Å²) in [4.78, 5) is 0. The van der Waals surface area contributed by atoms with Gasteiger partial charge in [-0.2, -0.15) is 0 Å². The predicted octanol–water partition coefficient (Wildman–Crippen LogP) is 1.94. The summed E-state index contributed by atoms with van der Waals surface area (Å²) in [6.45, 7) is 8.70. The van der Waals surface area contributed by atoms with Crippen molar-refractivity contribution in [2.75, 3.05) is 13.1 Å². The highest BCUT2D eigenvalue weighted by Gasteiger charge is 2.22. The average molecular weight is 171 g/mol. The number of hydrogen-bond donors (Lipinski definition) is 1. The zero-order chi connectivity index (χ0) is 9.03. The smallest absolute Gasteiger partial charge is 0.0707 e. The van der Waals surface area contributed by atoms with Crippen molar-refractivity contribution in [1.29, 1.82) is 0 Å². The maximum atomic E-state index is 5.97. The van der Waals surface area contributed by atoms with E-state index >= 15 is 0 Å². The molecule has 0 radical (unpaired) electrons. The molecule has 0 saturated carbocycles.